The van der Waals surface area contributed by atoms with Gasteiger partial charge in [-0.05, 0) is 42.3 Å². The number of aliphatic hydroxyl groups is 2. The molecule has 0 aromatic rings. The van der Waals surface area contributed by atoms with Gasteiger partial charge in [-0.3, -0.25) is 0 Å². The Morgan fingerprint density at radius 1 is 1.18 bits per heavy atom. The van der Waals surface area contributed by atoms with Crippen molar-refractivity contribution in [3.8, 4) is 0 Å². The van der Waals surface area contributed by atoms with Gasteiger partial charge in [0.15, 0.2) is 19.7 Å². The molecular formula is C27H44O6Si. The minimum atomic E-state index is -1.95. The van der Waals surface area contributed by atoms with Crippen LogP contribution in [0.1, 0.15) is 54.4 Å². The van der Waals surface area contributed by atoms with E-state index in [1.807, 2.05) is 19.9 Å². The molecule has 0 aromatic heterocycles. The van der Waals surface area contributed by atoms with Crippen LogP contribution in [0.4, 0.5) is 0 Å². The van der Waals surface area contributed by atoms with Crippen molar-refractivity contribution in [2.24, 2.45) is 23.7 Å². The minimum Gasteiger partial charge on any atom is -0.487 e. The molecule has 1 aliphatic carbocycles. The van der Waals surface area contributed by atoms with Crippen molar-refractivity contribution < 1.29 is 28.9 Å². The summed E-state index contributed by atoms with van der Waals surface area (Å²) in [5, 5.41) is 21.3. The van der Waals surface area contributed by atoms with Gasteiger partial charge in [0, 0.05) is 6.42 Å². The number of hydrogen-bond acceptors (Lipinski definition) is 6. The van der Waals surface area contributed by atoms with Crippen LogP contribution in [0.5, 0.6) is 0 Å². The minimum absolute atomic E-state index is 0.100. The van der Waals surface area contributed by atoms with Crippen LogP contribution >= 0.6 is 0 Å². The van der Waals surface area contributed by atoms with Crippen molar-refractivity contribution >= 4 is 14.3 Å². The Morgan fingerprint density at radius 3 is 2.32 bits per heavy atom. The number of rotatable bonds is 12. The predicted molar refractivity (Wildman–Crippen MR) is 135 cm³/mol. The number of carbonyl (C=O) groups is 1. The fourth-order valence-corrected chi connectivity index (χ4v) is 9.19. The molecule has 7 heteroatoms. The first-order chi connectivity index (χ1) is 16.0. The molecule has 3 heterocycles. The van der Waals surface area contributed by atoms with Crippen molar-refractivity contribution in [2.45, 2.75) is 103 Å². The summed E-state index contributed by atoms with van der Waals surface area (Å²) in [6.45, 7) is 20.3. The normalized spacial score (nSPS) is 34.1. The summed E-state index contributed by atoms with van der Waals surface area (Å²) in [5.74, 6) is -0.497. The van der Waals surface area contributed by atoms with Gasteiger partial charge in [0.1, 0.15) is 11.7 Å². The monoisotopic (exact) mass is 492 g/mol. The van der Waals surface area contributed by atoms with E-state index in [1.165, 1.54) is 6.08 Å². The summed E-state index contributed by atoms with van der Waals surface area (Å²) in [7, 11) is -1.95. The highest BCUT2D eigenvalue weighted by atomic mass is 28.4. The van der Waals surface area contributed by atoms with E-state index in [2.05, 4.69) is 40.9 Å². The number of ether oxygens (including phenoxy) is 2. The molecule has 0 aromatic carbocycles. The molecule has 0 amide bonds. The zero-order chi connectivity index (χ0) is 25.4. The molecule has 9 atom stereocenters. The van der Waals surface area contributed by atoms with Gasteiger partial charge in [-0.2, -0.15) is 0 Å². The molecule has 3 aliphatic heterocycles. The van der Waals surface area contributed by atoms with E-state index >= 15 is 0 Å². The van der Waals surface area contributed by atoms with Gasteiger partial charge >= 0.3 is 5.97 Å². The van der Waals surface area contributed by atoms with Crippen LogP contribution in [0, 0.1) is 23.7 Å². The lowest BCUT2D eigenvalue weighted by atomic mass is 9.64. The number of aliphatic hydroxyl groups excluding tert-OH is 2. The van der Waals surface area contributed by atoms with Crippen LogP contribution < -0.4 is 0 Å². The first kappa shape index (κ1) is 27.2. The third-order valence-corrected chi connectivity index (χ3v) is 13.4. The fraction of sp³-hybridized carbons (Fsp3) is 0.741. The maximum absolute atomic E-state index is 13.2. The van der Waals surface area contributed by atoms with E-state index in [9.17, 15) is 15.0 Å². The van der Waals surface area contributed by atoms with Gasteiger partial charge < -0.3 is 24.1 Å². The number of esters is 1. The summed E-state index contributed by atoms with van der Waals surface area (Å²) in [6, 6.07) is 3.06. The van der Waals surface area contributed by atoms with Crippen LogP contribution in [0.25, 0.3) is 0 Å². The summed E-state index contributed by atoms with van der Waals surface area (Å²) in [5.41, 5.74) is -0.755. The molecule has 0 radical (unpaired) electrons. The first-order valence-corrected chi connectivity index (χ1v) is 15.5. The SMILES string of the molecule is C=CC(O)[C@@H](C)C[C@@H](C)C(O)C1=C2O[C@H]3[C@H](O[Si](CC)(CC)CC)[C@@H](C=C)[C@@]2(C[C@H]3C)OC1=O. The summed E-state index contributed by atoms with van der Waals surface area (Å²) in [6.07, 6.45) is 2.36. The largest absolute Gasteiger partial charge is 0.487 e. The maximum atomic E-state index is 13.2. The van der Waals surface area contributed by atoms with E-state index < -0.39 is 32.1 Å². The zero-order valence-electron chi connectivity index (χ0n) is 21.8. The van der Waals surface area contributed by atoms with Crippen LogP contribution in [0.3, 0.4) is 0 Å². The molecule has 1 spiro atoms. The lowest BCUT2D eigenvalue weighted by Gasteiger charge is -2.57. The van der Waals surface area contributed by atoms with Gasteiger partial charge in [0.05, 0.1) is 24.2 Å². The van der Waals surface area contributed by atoms with Gasteiger partial charge in [0.2, 0.25) is 0 Å². The van der Waals surface area contributed by atoms with Crippen LogP contribution in [-0.2, 0) is 18.7 Å². The Bertz CT molecular complexity index is 812. The van der Waals surface area contributed by atoms with E-state index in [4.69, 9.17) is 13.9 Å². The van der Waals surface area contributed by atoms with Gasteiger partial charge in [0.25, 0.3) is 0 Å². The standard InChI is InChI=1S/C27H44O6Si/c1-9-19-24(33-34(11-3,12-4)13-5)23-18(8)15-27(19)25(31-23)21(26(30)32-27)22(29)17(7)14-16(6)20(28)10-2/h9-10,16-20,22-24,28-29H,1-2,11-15H2,3-8H3/t16-,17+,18+,19+,20?,22?,23+,24+,27+/m0/s1. The Hall–Kier alpha value is -1.41. The number of hydrogen-bond donors (Lipinski definition) is 2. The Kier molecular flexibility index (Phi) is 8.23. The molecule has 2 bridgehead atoms. The smallest absolute Gasteiger partial charge is 0.341 e. The zero-order valence-corrected chi connectivity index (χ0v) is 22.8. The van der Waals surface area contributed by atoms with E-state index in [1.54, 1.807) is 0 Å². The molecule has 3 fully saturated rings. The molecule has 2 N–H and O–H groups in total. The summed E-state index contributed by atoms with van der Waals surface area (Å²) in [4.78, 5) is 13.2. The quantitative estimate of drug-likeness (QED) is 0.233. The van der Waals surface area contributed by atoms with Crippen LogP contribution in [0.15, 0.2) is 36.6 Å². The lowest BCUT2D eigenvalue weighted by molar-refractivity contribution is -0.217. The highest BCUT2D eigenvalue weighted by Crippen LogP contribution is 2.58. The first-order valence-electron chi connectivity index (χ1n) is 13.0. The van der Waals surface area contributed by atoms with Crippen molar-refractivity contribution in [1.82, 2.24) is 0 Å². The Labute approximate surface area is 206 Å². The predicted octanol–water partition coefficient (Wildman–Crippen LogP) is 4.74. The van der Waals surface area contributed by atoms with Crippen molar-refractivity contribution in [1.29, 1.82) is 0 Å². The van der Waals surface area contributed by atoms with Gasteiger partial charge in [-0.1, -0.05) is 53.7 Å². The fourth-order valence-electron chi connectivity index (χ4n) is 6.33. The Balaban J connectivity index is 1.97. The summed E-state index contributed by atoms with van der Waals surface area (Å²) >= 11 is 0. The van der Waals surface area contributed by atoms with Crippen molar-refractivity contribution in [2.75, 3.05) is 0 Å². The van der Waals surface area contributed by atoms with Gasteiger partial charge in [-0.15, -0.1) is 13.2 Å². The third kappa shape index (κ3) is 4.34. The second-order valence-corrected chi connectivity index (χ2v) is 15.5. The van der Waals surface area contributed by atoms with Crippen molar-refractivity contribution in [3.63, 3.8) is 0 Å². The van der Waals surface area contributed by atoms with Crippen molar-refractivity contribution in [3.05, 3.63) is 36.6 Å². The average Bonchev–Trinajstić information content (AvgIpc) is 3.11. The molecule has 4 rings (SSSR count). The topological polar surface area (TPSA) is 85.2 Å². The molecular weight excluding hydrogens is 448 g/mol. The average molecular weight is 493 g/mol. The molecule has 2 unspecified atom stereocenters. The molecule has 192 valence electrons. The third-order valence-electron chi connectivity index (χ3n) is 8.76. The van der Waals surface area contributed by atoms with E-state index in [0.29, 0.717) is 18.6 Å². The maximum Gasteiger partial charge on any atom is 0.341 e. The second-order valence-electron chi connectivity index (χ2n) is 10.7. The molecule has 34 heavy (non-hydrogen) atoms. The number of fused-ring (bicyclic) bond motifs is 2. The summed E-state index contributed by atoms with van der Waals surface area (Å²) < 4.78 is 19.6. The second kappa shape index (κ2) is 10.3. The molecule has 4 aliphatic rings. The highest BCUT2D eigenvalue weighted by Gasteiger charge is 2.67. The van der Waals surface area contributed by atoms with Crippen LogP contribution in [0.2, 0.25) is 18.1 Å². The van der Waals surface area contributed by atoms with E-state index in [0.717, 1.165) is 18.1 Å². The number of carbonyl (C=O) groups excluding carboxylic acids is 1. The molecule has 6 nitrogen and oxygen atoms in total. The lowest BCUT2D eigenvalue weighted by Crippen LogP contribution is -2.65. The van der Waals surface area contributed by atoms with Crippen LogP contribution in [-0.4, -0.2) is 54.5 Å². The Morgan fingerprint density at radius 2 is 1.79 bits per heavy atom. The molecule has 2 saturated heterocycles. The van der Waals surface area contributed by atoms with E-state index in [-0.39, 0.29) is 41.5 Å². The molecule has 1 saturated carbocycles. The highest BCUT2D eigenvalue weighted by molar-refractivity contribution is 6.73. The van der Waals surface area contributed by atoms with Gasteiger partial charge in [-0.25, -0.2) is 4.79 Å².